The van der Waals surface area contributed by atoms with Gasteiger partial charge in [-0.25, -0.2) is 13.8 Å². The van der Waals surface area contributed by atoms with Gasteiger partial charge in [-0.3, -0.25) is 4.98 Å². The van der Waals surface area contributed by atoms with Crippen molar-refractivity contribution in [3.05, 3.63) is 47.8 Å². The van der Waals surface area contributed by atoms with Crippen molar-refractivity contribution in [3.8, 4) is 0 Å². The third kappa shape index (κ3) is 3.61. The summed E-state index contributed by atoms with van der Waals surface area (Å²) in [6.07, 6.45) is 3.12. The van der Waals surface area contributed by atoms with Gasteiger partial charge in [0.05, 0.1) is 12.4 Å². The number of hydrogen-bond donors (Lipinski definition) is 2. The zero-order valence-electron chi connectivity index (χ0n) is 10.5. The van der Waals surface area contributed by atoms with Gasteiger partial charge in [0.25, 0.3) is 0 Å². The standard InChI is InChI=1S/C13H14F2N4/c1-2-17-12-7-16-8-13(19-12)18-6-9-5-10(14)3-4-11(9)15/h3-5,7-8H,2,6H2,1H3,(H2,17,18,19). The second kappa shape index (κ2) is 6.08. The van der Waals surface area contributed by atoms with Crippen LogP contribution in [0.15, 0.2) is 30.6 Å². The lowest BCUT2D eigenvalue weighted by Gasteiger charge is -2.08. The first kappa shape index (κ1) is 13.2. The van der Waals surface area contributed by atoms with Crippen LogP contribution in [0.25, 0.3) is 0 Å². The lowest BCUT2D eigenvalue weighted by atomic mass is 10.2. The van der Waals surface area contributed by atoms with Gasteiger partial charge >= 0.3 is 0 Å². The molecular weight excluding hydrogens is 250 g/mol. The molecule has 0 unspecified atom stereocenters. The zero-order chi connectivity index (χ0) is 13.7. The Morgan fingerprint density at radius 3 is 2.58 bits per heavy atom. The summed E-state index contributed by atoms with van der Waals surface area (Å²) >= 11 is 0. The number of hydrogen-bond acceptors (Lipinski definition) is 4. The Bertz CT molecular complexity index is 560. The monoisotopic (exact) mass is 264 g/mol. The summed E-state index contributed by atoms with van der Waals surface area (Å²) in [6.45, 7) is 2.83. The molecule has 0 aliphatic carbocycles. The molecule has 0 saturated heterocycles. The first-order valence-electron chi connectivity index (χ1n) is 5.92. The number of benzene rings is 1. The normalized spacial score (nSPS) is 10.3. The molecule has 0 fully saturated rings. The average Bonchev–Trinajstić information content (AvgIpc) is 2.41. The van der Waals surface area contributed by atoms with Crippen LogP contribution < -0.4 is 10.6 Å². The van der Waals surface area contributed by atoms with E-state index in [2.05, 4.69) is 20.6 Å². The third-order valence-electron chi connectivity index (χ3n) is 2.46. The maximum atomic E-state index is 13.4. The largest absolute Gasteiger partial charge is 0.369 e. The summed E-state index contributed by atoms with van der Waals surface area (Å²) < 4.78 is 26.4. The number of rotatable bonds is 5. The molecule has 1 aromatic heterocycles. The van der Waals surface area contributed by atoms with E-state index < -0.39 is 11.6 Å². The minimum Gasteiger partial charge on any atom is -0.369 e. The van der Waals surface area contributed by atoms with Crippen molar-refractivity contribution in [3.63, 3.8) is 0 Å². The molecule has 2 N–H and O–H groups in total. The molecule has 0 radical (unpaired) electrons. The molecule has 2 aromatic rings. The Labute approximate surface area is 109 Å². The highest BCUT2D eigenvalue weighted by Gasteiger charge is 2.04. The minimum atomic E-state index is -0.467. The average molecular weight is 264 g/mol. The fourth-order valence-corrected chi connectivity index (χ4v) is 1.58. The van der Waals surface area contributed by atoms with E-state index in [1.165, 1.54) is 6.20 Å². The second-order valence-electron chi connectivity index (χ2n) is 3.91. The van der Waals surface area contributed by atoms with Gasteiger partial charge in [0.1, 0.15) is 23.3 Å². The molecule has 19 heavy (non-hydrogen) atoms. The highest BCUT2D eigenvalue weighted by Crippen LogP contribution is 2.12. The van der Waals surface area contributed by atoms with Crippen LogP contribution in [-0.4, -0.2) is 16.5 Å². The number of nitrogens with one attached hydrogen (secondary N) is 2. The summed E-state index contributed by atoms with van der Waals surface area (Å²) in [4.78, 5) is 8.23. The van der Waals surface area contributed by atoms with Crippen LogP contribution in [0.2, 0.25) is 0 Å². The van der Waals surface area contributed by atoms with Crippen molar-refractivity contribution in [1.82, 2.24) is 9.97 Å². The molecule has 0 amide bonds. The van der Waals surface area contributed by atoms with Gasteiger partial charge < -0.3 is 10.6 Å². The minimum absolute atomic E-state index is 0.147. The molecule has 0 saturated carbocycles. The van der Waals surface area contributed by atoms with Crippen LogP contribution in [0, 0.1) is 11.6 Å². The topological polar surface area (TPSA) is 49.8 Å². The lowest BCUT2D eigenvalue weighted by molar-refractivity contribution is 0.587. The van der Waals surface area contributed by atoms with E-state index in [0.29, 0.717) is 11.6 Å². The zero-order valence-corrected chi connectivity index (χ0v) is 10.5. The first-order valence-corrected chi connectivity index (χ1v) is 5.92. The Hall–Kier alpha value is -2.24. The molecule has 0 atom stereocenters. The van der Waals surface area contributed by atoms with Crippen molar-refractivity contribution in [2.45, 2.75) is 13.5 Å². The molecule has 0 aliphatic heterocycles. The predicted octanol–water partition coefficient (Wildman–Crippen LogP) is 2.80. The molecule has 1 heterocycles. The molecular formula is C13H14F2N4. The summed E-state index contributed by atoms with van der Waals surface area (Å²) in [6, 6.07) is 3.35. The van der Waals surface area contributed by atoms with Crippen LogP contribution in [0.3, 0.4) is 0 Å². The molecule has 1 aromatic carbocycles. The van der Waals surface area contributed by atoms with Gasteiger partial charge in [0.15, 0.2) is 0 Å². The second-order valence-corrected chi connectivity index (χ2v) is 3.91. The molecule has 2 rings (SSSR count). The first-order chi connectivity index (χ1) is 9.19. The number of halogens is 2. The van der Waals surface area contributed by atoms with E-state index in [0.717, 1.165) is 24.7 Å². The van der Waals surface area contributed by atoms with Crippen molar-refractivity contribution < 1.29 is 8.78 Å². The Balaban J connectivity index is 2.05. The summed E-state index contributed by atoms with van der Waals surface area (Å²) in [5, 5.41) is 5.93. The summed E-state index contributed by atoms with van der Waals surface area (Å²) in [5.74, 6) is 0.213. The Morgan fingerprint density at radius 2 is 1.84 bits per heavy atom. The summed E-state index contributed by atoms with van der Waals surface area (Å²) in [5.41, 5.74) is 0.246. The maximum absolute atomic E-state index is 13.4. The molecule has 0 spiro atoms. The van der Waals surface area contributed by atoms with E-state index in [1.54, 1.807) is 6.20 Å². The van der Waals surface area contributed by atoms with Crippen molar-refractivity contribution >= 4 is 11.6 Å². The molecule has 0 bridgehead atoms. The molecule has 100 valence electrons. The predicted molar refractivity (Wildman–Crippen MR) is 69.9 cm³/mol. The van der Waals surface area contributed by atoms with Crippen LogP contribution in [0.4, 0.5) is 20.4 Å². The number of aromatic nitrogens is 2. The lowest BCUT2D eigenvalue weighted by Crippen LogP contribution is -2.06. The van der Waals surface area contributed by atoms with Crippen molar-refractivity contribution in [2.24, 2.45) is 0 Å². The number of anilines is 2. The highest BCUT2D eigenvalue weighted by atomic mass is 19.1. The highest BCUT2D eigenvalue weighted by molar-refractivity contribution is 5.42. The number of nitrogens with zero attached hydrogens (tertiary/aromatic N) is 2. The smallest absolute Gasteiger partial charge is 0.147 e. The van der Waals surface area contributed by atoms with Gasteiger partial charge in [-0.15, -0.1) is 0 Å². The maximum Gasteiger partial charge on any atom is 0.147 e. The van der Waals surface area contributed by atoms with Crippen LogP contribution in [-0.2, 0) is 6.54 Å². The van der Waals surface area contributed by atoms with E-state index in [4.69, 9.17) is 0 Å². The quantitative estimate of drug-likeness (QED) is 0.872. The third-order valence-corrected chi connectivity index (χ3v) is 2.46. The van der Waals surface area contributed by atoms with E-state index in [9.17, 15) is 8.78 Å². The van der Waals surface area contributed by atoms with Gasteiger partial charge in [-0.05, 0) is 25.1 Å². The van der Waals surface area contributed by atoms with Crippen molar-refractivity contribution in [2.75, 3.05) is 17.2 Å². The van der Waals surface area contributed by atoms with Gasteiger partial charge in [0.2, 0.25) is 0 Å². The van der Waals surface area contributed by atoms with Gasteiger partial charge in [0, 0.05) is 18.7 Å². The van der Waals surface area contributed by atoms with Gasteiger partial charge in [-0.1, -0.05) is 0 Å². The van der Waals surface area contributed by atoms with E-state index in [-0.39, 0.29) is 12.1 Å². The van der Waals surface area contributed by atoms with Crippen molar-refractivity contribution in [1.29, 1.82) is 0 Å². The van der Waals surface area contributed by atoms with Crippen LogP contribution in [0.1, 0.15) is 12.5 Å². The van der Waals surface area contributed by atoms with Crippen LogP contribution >= 0.6 is 0 Å². The fraction of sp³-hybridized carbons (Fsp3) is 0.231. The molecule has 6 heteroatoms. The fourth-order valence-electron chi connectivity index (χ4n) is 1.58. The Morgan fingerprint density at radius 1 is 1.11 bits per heavy atom. The Kier molecular flexibility index (Phi) is 4.22. The SMILES string of the molecule is CCNc1cncc(NCc2cc(F)ccc2F)n1. The van der Waals surface area contributed by atoms with E-state index in [1.807, 2.05) is 6.92 Å². The van der Waals surface area contributed by atoms with E-state index >= 15 is 0 Å². The van der Waals surface area contributed by atoms with Gasteiger partial charge in [-0.2, -0.15) is 0 Å². The molecule has 4 nitrogen and oxygen atoms in total. The summed E-state index contributed by atoms with van der Waals surface area (Å²) in [7, 11) is 0. The molecule has 0 aliphatic rings. The van der Waals surface area contributed by atoms with Crippen LogP contribution in [0.5, 0.6) is 0 Å².